The van der Waals surface area contributed by atoms with Gasteiger partial charge in [0, 0.05) is 24.9 Å². The SMILES string of the molecule is CCC1(O)CC2(CN(C(=O)CCC(C)[C@H]3CC[C@H]4[C@@H]5CC=C6C[C@@H](O)CC[C@]6(C)[C@H]5CC[C@]34C)C2)C1. The predicted octanol–water partition coefficient (Wildman–Crippen LogP) is 6.11. The van der Waals surface area contributed by atoms with Crippen LogP contribution in [-0.4, -0.2) is 45.8 Å². The van der Waals surface area contributed by atoms with E-state index in [2.05, 4.69) is 38.7 Å². The Hall–Kier alpha value is -0.870. The van der Waals surface area contributed by atoms with E-state index in [-0.39, 0.29) is 11.5 Å². The van der Waals surface area contributed by atoms with Gasteiger partial charge in [0.15, 0.2) is 0 Å². The van der Waals surface area contributed by atoms with Gasteiger partial charge in [-0.25, -0.2) is 0 Å². The van der Waals surface area contributed by atoms with Crippen LogP contribution < -0.4 is 0 Å². The number of likely N-dealkylation sites (tertiary alicyclic amines) is 1. The molecule has 5 fully saturated rings. The highest BCUT2D eigenvalue weighted by Crippen LogP contribution is 2.67. The van der Waals surface area contributed by atoms with Crippen LogP contribution in [-0.2, 0) is 4.79 Å². The van der Waals surface area contributed by atoms with E-state index in [1.807, 2.05) is 0 Å². The lowest BCUT2D eigenvalue weighted by Crippen LogP contribution is -2.68. The standard InChI is InChI=1S/C32H51NO3/c1-5-32(36)17-31(18-32)19-33(20-31)28(35)11-6-21(2)25-9-10-26-24-8-7-22-16-23(34)12-14-29(22,3)27(24)13-15-30(25,26)4/h7,21,23-27,34,36H,5-6,8-20H2,1-4H3/t21?,23-,24-,25+,26-,27-,29-,30+/m0/s1. The molecular weight excluding hydrogens is 446 g/mol. The van der Waals surface area contributed by atoms with Gasteiger partial charge >= 0.3 is 0 Å². The molecule has 1 aliphatic heterocycles. The molecule has 0 bridgehead atoms. The number of carbonyl (C=O) groups excluding carboxylic acids is 1. The lowest BCUT2D eigenvalue weighted by Gasteiger charge is -2.62. The first-order valence-corrected chi connectivity index (χ1v) is 15.4. The molecule has 36 heavy (non-hydrogen) atoms. The van der Waals surface area contributed by atoms with Crippen molar-refractivity contribution in [2.24, 2.45) is 45.8 Å². The van der Waals surface area contributed by atoms with Crippen LogP contribution in [0.4, 0.5) is 0 Å². The zero-order valence-electron chi connectivity index (χ0n) is 23.4. The number of fused-ring (bicyclic) bond motifs is 5. The number of rotatable bonds is 5. The molecule has 1 spiro atoms. The Morgan fingerprint density at radius 2 is 1.86 bits per heavy atom. The molecule has 4 nitrogen and oxygen atoms in total. The molecule has 1 heterocycles. The first kappa shape index (κ1) is 25.4. The van der Waals surface area contributed by atoms with Crippen LogP contribution in [0.3, 0.4) is 0 Å². The summed E-state index contributed by atoms with van der Waals surface area (Å²) < 4.78 is 0. The minimum atomic E-state index is -0.456. The summed E-state index contributed by atoms with van der Waals surface area (Å²) in [5.74, 6) is 4.14. The van der Waals surface area contributed by atoms with Crippen molar-refractivity contribution in [2.45, 2.75) is 123 Å². The Bertz CT molecular complexity index is 912. The monoisotopic (exact) mass is 497 g/mol. The molecule has 8 atom stereocenters. The maximum Gasteiger partial charge on any atom is 0.222 e. The Balaban J connectivity index is 1.05. The fourth-order valence-corrected chi connectivity index (χ4v) is 11.1. The van der Waals surface area contributed by atoms with Gasteiger partial charge in [0.1, 0.15) is 0 Å². The first-order chi connectivity index (χ1) is 17.0. The van der Waals surface area contributed by atoms with Gasteiger partial charge in [-0.2, -0.15) is 0 Å². The molecule has 1 amide bonds. The molecule has 4 saturated carbocycles. The fourth-order valence-electron chi connectivity index (χ4n) is 11.1. The maximum absolute atomic E-state index is 13.0. The van der Waals surface area contributed by atoms with E-state index in [4.69, 9.17) is 0 Å². The van der Waals surface area contributed by atoms with Gasteiger partial charge in [0.05, 0.1) is 11.7 Å². The summed E-state index contributed by atoms with van der Waals surface area (Å²) in [6.07, 6.45) is 16.5. The average molecular weight is 498 g/mol. The van der Waals surface area contributed by atoms with E-state index in [9.17, 15) is 15.0 Å². The maximum atomic E-state index is 13.0. The molecular formula is C32H51NO3. The van der Waals surface area contributed by atoms with E-state index in [0.717, 1.165) is 75.3 Å². The zero-order chi connectivity index (χ0) is 25.5. The van der Waals surface area contributed by atoms with Crippen molar-refractivity contribution >= 4 is 5.91 Å². The summed E-state index contributed by atoms with van der Waals surface area (Å²) in [4.78, 5) is 15.1. The van der Waals surface area contributed by atoms with Crippen molar-refractivity contribution in [3.05, 3.63) is 11.6 Å². The van der Waals surface area contributed by atoms with Crippen LogP contribution in [0.25, 0.3) is 0 Å². The van der Waals surface area contributed by atoms with Gasteiger partial charge in [-0.05, 0) is 117 Å². The van der Waals surface area contributed by atoms with E-state index >= 15 is 0 Å². The quantitative estimate of drug-likeness (QED) is 0.451. The molecule has 0 aromatic rings. The Morgan fingerprint density at radius 3 is 2.58 bits per heavy atom. The van der Waals surface area contributed by atoms with E-state index < -0.39 is 5.60 Å². The highest BCUT2D eigenvalue weighted by atomic mass is 16.3. The van der Waals surface area contributed by atoms with Crippen LogP contribution in [0.15, 0.2) is 11.6 Å². The molecule has 6 rings (SSSR count). The highest BCUT2D eigenvalue weighted by molar-refractivity contribution is 5.77. The number of hydrogen-bond donors (Lipinski definition) is 2. The topological polar surface area (TPSA) is 60.8 Å². The lowest BCUT2D eigenvalue weighted by molar-refractivity contribution is -0.196. The molecule has 202 valence electrons. The van der Waals surface area contributed by atoms with Crippen LogP contribution in [0.1, 0.15) is 111 Å². The van der Waals surface area contributed by atoms with Gasteiger partial charge in [-0.1, -0.05) is 39.3 Å². The molecule has 6 aliphatic rings. The lowest BCUT2D eigenvalue weighted by atomic mass is 9.47. The number of allylic oxidation sites excluding steroid dienone is 1. The summed E-state index contributed by atoms with van der Waals surface area (Å²) >= 11 is 0. The number of aliphatic hydroxyl groups is 2. The van der Waals surface area contributed by atoms with Crippen LogP contribution in [0.5, 0.6) is 0 Å². The molecule has 4 heteroatoms. The van der Waals surface area contributed by atoms with Crippen LogP contribution >= 0.6 is 0 Å². The Labute approximate surface area is 219 Å². The minimum absolute atomic E-state index is 0.121. The second kappa shape index (κ2) is 8.57. The van der Waals surface area contributed by atoms with E-state index in [1.165, 1.54) is 38.5 Å². The largest absolute Gasteiger partial charge is 0.393 e. The summed E-state index contributed by atoms with van der Waals surface area (Å²) in [5, 5.41) is 20.7. The van der Waals surface area contributed by atoms with E-state index in [1.54, 1.807) is 5.57 Å². The molecule has 1 saturated heterocycles. The first-order valence-electron chi connectivity index (χ1n) is 15.4. The van der Waals surface area contributed by atoms with Crippen molar-refractivity contribution in [2.75, 3.05) is 13.1 Å². The number of amides is 1. The number of hydrogen-bond acceptors (Lipinski definition) is 3. The Morgan fingerprint density at radius 1 is 1.11 bits per heavy atom. The molecule has 5 aliphatic carbocycles. The smallest absolute Gasteiger partial charge is 0.222 e. The van der Waals surface area contributed by atoms with Gasteiger partial charge in [-0.15, -0.1) is 0 Å². The summed E-state index contributed by atoms with van der Waals surface area (Å²) in [7, 11) is 0. The molecule has 1 unspecified atom stereocenters. The van der Waals surface area contributed by atoms with Gasteiger partial charge < -0.3 is 15.1 Å². The number of aliphatic hydroxyl groups excluding tert-OH is 1. The minimum Gasteiger partial charge on any atom is -0.393 e. The average Bonchev–Trinajstić information content (AvgIpc) is 3.16. The Kier molecular flexibility index (Phi) is 6.05. The molecule has 0 aromatic carbocycles. The molecule has 2 N–H and O–H groups in total. The van der Waals surface area contributed by atoms with Crippen LogP contribution in [0, 0.1) is 45.8 Å². The normalized spacial score (nSPS) is 45.0. The van der Waals surface area contributed by atoms with Gasteiger partial charge in [-0.3, -0.25) is 4.79 Å². The second-order valence-electron chi connectivity index (χ2n) is 15.1. The van der Waals surface area contributed by atoms with Crippen molar-refractivity contribution in [1.29, 1.82) is 0 Å². The summed E-state index contributed by atoms with van der Waals surface area (Å²) in [6.45, 7) is 11.4. The second-order valence-corrected chi connectivity index (χ2v) is 15.1. The van der Waals surface area contributed by atoms with Crippen LogP contribution in [0.2, 0.25) is 0 Å². The van der Waals surface area contributed by atoms with Crippen molar-refractivity contribution in [1.82, 2.24) is 4.90 Å². The summed E-state index contributed by atoms with van der Waals surface area (Å²) in [5.41, 5.74) is 2.10. The van der Waals surface area contributed by atoms with Crippen molar-refractivity contribution in [3.63, 3.8) is 0 Å². The van der Waals surface area contributed by atoms with Gasteiger partial charge in [0.2, 0.25) is 5.91 Å². The molecule has 0 aromatic heterocycles. The van der Waals surface area contributed by atoms with Crippen molar-refractivity contribution < 1.29 is 15.0 Å². The highest BCUT2D eigenvalue weighted by Gasteiger charge is 2.60. The number of carbonyl (C=O) groups is 1. The van der Waals surface area contributed by atoms with Crippen molar-refractivity contribution in [3.8, 4) is 0 Å². The predicted molar refractivity (Wildman–Crippen MR) is 143 cm³/mol. The van der Waals surface area contributed by atoms with E-state index in [0.29, 0.717) is 29.1 Å². The zero-order valence-corrected chi connectivity index (χ0v) is 23.4. The molecule has 0 radical (unpaired) electrons. The third kappa shape index (κ3) is 3.78. The fraction of sp³-hybridized carbons (Fsp3) is 0.906. The summed E-state index contributed by atoms with van der Waals surface area (Å²) in [6, 6.07) is 0. The third-order valence-electron chi connectivity index (χ3n) is 13.1. The third-order valence-corrected chi connectivity index (χ3v) is 13.1. The number of nitrogens with zero attached hydrogens (tertiary/aromatic N) is 1. The van der Waals surface area contributed by atoms with Gasteiger partial charge in [0.25, 0.3) is 0 Å².